The minimum absolute atomic E-state index is 0.0953. The number of amides is 1. The molecule has 7 heteroatoms. The zero-order chi connectivity index (χ0) is 21.0. The Morgan fingerprint density at radius 3 is 2.45 bits per heavy atom. The van der Waals surface area contributed by atoms with Gasteiger partial charge in [-0.2, -0.15) is 0 Å². The summed E-state index contributed by atoms with van der Waals surface area (Å²) in [6, 6.07) is 15.1. The van der Waals surface area contributed by atoms with E-state index in [0.717, 1.165) is 16.7 Å². The number of hydrogen-bond acceptors (Lipinski definition) is 5. The highest BCUT2D eigenvalue weighted by Gasteiger charge is 2.20. The number of para-hydroxylation sites is 1. The molecule has 0 aliphatic heterocycles. The van der Waals surface area contributed by atoms with Gasteiger partial charge in [0.2, 0.25) is 9.84 Å². The number of aromatic nitrogens is 1. The van der Waals surface area contributed by atoms with Gasteiger partial charge in [-0.3, -0.25) is 4.79 Å². The van der Waals surface area contributed by atoms with Crippen LogP contribution in [0.1, 0.15) is 27.0 Å². The summed E-state index contributed by atoms with van der Waals surface area (Å²) in [7, 11) is -2.18. The second-order valence-electron chi connectivity index (χ2n) is 6.63. The van der Waals surface area contributed by atoms with Gasteiger partial charge in [-0.25, -0.2) is 13.4 Å². The minimum atomic E-state index is -3.74. The van der Waals surface area contributed by atoms with Crippen LogP contribution in [-0.4, -0.2) is 26.4 Å². The summed E-state index contributed by atoms with van der Waals surface area (Å²) in [6.45, 7) is 4.06. The normalized spacial score (nSPS) is 11.1. The van der Waals surface area contributed by atoms with Crippen molar-refractivity contribution in [1.82, 2.24) is 10.3 Å². The Balaban J connectivity index is 1.75. The third kappa shape index (κ3) is 4.46. The highest BCUT2D eigenvalue weighted by atomic mass is 32.2. The molecule has 0 fully saturated rings. The van der Waals surface area contributed by atoms with Crippen molar-refractivity contribution in [2.24, 2.45) is 0 Å². The summed E-state index contributed by atoms with van der Waals surface area (Å²) in [6.07, 6.45) is 1.27. The number of aryl methyl sites for hydroxylation is 2. The second kappa shape index (κ2) is 8.45. The van der Waals surface area contributed by atoms with Crippen molar-refractivity contribution in [2.45, 2.75) is 30.3 Å². The van der Waals surface area contributed by atoms with Crippen molar-refractivity contribution in [3.8, 4) is 5.75 Å². The topological polar surface area (TPSA) is 85.4 Å². The second-order valence-corrected chi connectivity index (χ2v) is 8.53. The molecule has 0 spiro atoms. The largest absolute Gasteiger partial charge is 0.496 e. The number of carbonyl (C=O) groups excluding carboxylic acids is 1. The van der Waals surface area contributed by atoms with Gasteiger partial charge in [0.1, 0.15) is 5.75 Å². The third-order valence-corrected chi connectivity index (χ3v) is 6.36. The molecule has 1 aromatic heterocycles. The number of methoxy groups -OCH3 is 1. The van der Waals surface area contributed by atoms with E-state index in [1.807, 2.05) is 38.1 Å². The lowest BCUT2D eigenvalue weighted by atomic mass is 10.1. The Morgan fingerprint density at radius 2 is 1.79 bits per heavy atom. The van der Waals surface area contributed by atoms with Crippen molar-refractivity contribution in [2.75, 3.05) is 7.11 Å². The molecule has 6 nitrogen and oxygen atoms in total. The van der Waals surface area contributed by atoms with E-state index >= 15 is 0 Å². The van der Waals surface area contributed by atoms with E-state index in [-0.39, 0.29) is 27.9 Å². The molecular weight excluding hydrogens is 388 g/mol. The first-order chi connectivity index (χ1) is 13.8. The fourth-order valence-electron chi connectivity index (χ4n) is 2.80. The summed E-state index contributed by atoms with van der Waals surface area (Å²) in [4.78, 5) is 16.6. The molecule has 3 aromatic rings. The monoisotopic (exact) mass is 410 g/mol. The first-order valence-electron chi connectivity index (χ1n) is 9.01. The summed E-state index contributed by atoms with van der Waals surface area (Å²) < 4.78 is 30.8. The van der Waals surface area contributed by atoms with Gasteiger partial charge in [0.25, 0.3) is 5.91 Å². The summed E-state index contributed by atoms with van der Waals surface area (Å²) in [5, 5.41) is 2.69. The molecule has 1 amide bonds. The molecule has 150 valence electrons. The molecule has 0 bridgehead atoms. The molecule has 0 aliphatic rings. The van der Waals surface area contributed by atoms with Crippen LogP contribution in [0, 0.1) is 13.8 Å². The van der Waals surface area contributed by atoms with Gasteiger partial charge in [-0.1, -0.05) is 24.3 Å². The fourth-order valence-corrected chi connectivity index (χ4v) is 4.06. The molecule has 0 saturated heterocycles. The van der Waals surface area contributed by atoms with Crippen LogP contribution in [0.15, 0.2) is 70.7 Å². The van der Waals surface area contributed by atoms with Crippen molar-refractivity contribution >= 4 is 15.7 Å². The number of nitrogens with zero attached hydrogens (tertiary/aromatic N) is 1. The van der Waals surface area contributed by atoms with Gasteiger partial charge in [-0.05, 0) is 55.3 Å². The lowest BCUT2D eigenvalue weighted by molar-refractivity contribution is 0.0950. The molecule has 1 heterocycles. The van der Waals surface area contributed by atoms with Crippen molar-refractivity contribution < 1.29 is 17.9 Å². The molecule has 0 atom stereocenters. The number of benzene rings is 2. The number of rotatable bonds is 6. The highest BCUT2D eigenvalue weighted by Crippen LogP contribution is 2.22. The van der Waals surface area contributed by atoms with Crippen LogP contribution in [0.5, 0.6) is 5.75 Å². The minimum Gasteiger partial charge on any atom is -0.496 e. The maximum atomic E-state index is 12.8. The predicted octanol–water partition coefficient (Wildman–Crippen LogP) is 3.47. The zero-order valence-corrected chi connectivity index (χ0v) is 17.3. The number of ether oxygens (including phenoxy) is 1. The van der Waals surface area contributed by atoms with Crippen molar-refractivity contribution in [1.29, 1.82) is 0 Å². The van der Waals surface area contributed by atoms with Gasteiger partial charge in [-0.15, -0.1) is 0 Å². The molecule has 29 heavy (non-hydrogen) atoms. The molecular formula is C22H22N2O4S. The van der Waals surface area contributed by atoms with Gasteiger partial charge in [0.15, 0.2) is 5.03 Å². The maximum absolute atomic E-state index is 12.8. The molecule has 0 radical (unpaired) electrons. The van der Waals surface area contributed by atoms with Gasteiger partial charge in [0.05, 0.1) is 17.6 Å². The average Bonchev–Trinajstić information content (AvgIpc) is 2.74. The molecule has 1 N–H and O–H groups in total. The Morgan fingerprint density at radius 1 is 1.03 bits per heavy atom. The maximum Gasteiger partial charge on any atom is 0.253 e. The Kier molecular flexibility index (Phi) is 5.98. The zero-order valence-electron chi connectivity index (χ0n) is 16.5. The van der Waals surface area contributed by atoms with Crippen LogP contribution in [0.25, 0.3) is 0 Å². The number of sulfone groups is 1. The van der Waals surface area contributed by atoms with E-state index in [1.165, 1.54) is 18.3 Å². The van der Waals surface area contributed by atoms with E-state index in [2.05, 4.69) is 10.3 Å². The van der Waals surface area contributed by atoms with Gasteiger partial charge in [0, 0.05) is 18.3 Å². The molecule has 2 aromatic carbocycles. The predicted molar refractivity (Wildman–Crippen MR) is 110 cm³/mol. The lowest BCUT2D eigenvalue weighted by Gasteiger charge is -2.10. The Bertz CT molecular complexity index is 1140. The molecule has 0 aliphatic carbocycles. The molecule has 3 rings (SSSR count). The molecule has 0 saturated carbocycles. The fraction of sp³-hybridized carbons (Fsp3) is 0.182. The standard InChI is InChI=1S/C22H22N2O4S/c1-15-8-10-19(12-16(15)2)29(26,27)21-11-9-18(14-23-21)22(25)24-13-17-6-4-5-7-20(17)28-3/h4-12,14H,13H2,1-3H3,(H,24,25). The van der Waals surface area contributed by atoms with Crippen LogP contribution < -0.4 is 10.1 Å². The van der Waals surface area contributed by atoms with Crippen LogP contribution in [0.3, 0.4) is 0 Å². The first kappa shape index (κ1) is 20.5. The number of hydrogen-bond donors (Lipinski definition) is 1. The molecule has 0 unspecified atom stereocenters. The van der Waals surface area contributed by atoms with E-state index < -0.39 is 9.84 Å². The van der Waals surface area contributed by atoms with E-state index in [1.54, 1.807) is 25.3 Å². The number of pyridine rings is 1. The first-order valence-corrected chi connectivity index (χ1v) is 10.5. The Labute approximate surface area is 170 Å². The summed E-state index contributed by atoms with van der Waals surface area (Å²) >= 11 is 0. The summed E-state index contributed by atoms with van der Waals surface area (Å²) in [5.41, 5.74) is 3.02. The van der Waals surface area contributed by atoms with E-state index in [4.69, 9.17) is 4.74 Å². The van der Waals surface area contributed by atoms with Crippen LogP contribution in [0.2, 0.25) is 0 Å². The summed E-state index contributed by atoms with van der Waals surface area (Å²) in [5.74, 6) is 0.333. The van der Waals surface area contributed by atoms with Crippen LogP contribution in [0.4, 0.5) is 0 Å². The van der Waals surface area contributed by atoms with Crippen molar-refractivity contribution in [3.63, 3.8) is 0 Å². The van der Waals surface area contributed by atoms with E-state index in [0.29, 0.717) is 5.75 Å². The van der Waals surface area contributed by atoms with Crippen molar-refractivity contribution in [3.05, 3.63) is 83.0 Å². The van der Waals surface area contributed by atoms with Crippen LogP contribution >= 0.6 is 0 Å². The van der Waals surface area contributed by atoms with Gasteiger partial charge >= 0.3 is 0 Å². The lowest BCUT2D eigenvalue weighted by Crippen LogP contribution is -2.23. The van der Waals surface area contributed by atoms with Crippen LogP contribution in [-0.2, 0) is 16.4 Å². The average molecular weight is 410 g/mol. The number of nitrogens with one attached hydrogen (secondary N) is 1. The third-order valence-electron chi connectivity index (χ3n) is 4.69. The highest BCUT2D eigenvalue weighted by molar-refractivity contribution is 7.91. The smallest absolute Gasteiger partial charge is 0.253 e. The SMILES string of the molecule is COc1ccccc1CNC(=O)c1ccc(S(=O)(=O)c2ccc(C)c(C)c2)nc1. The van der Waals surface area contributed by atoms with Gasteiger partial charge < -0.3 is 10.1 Å². The number of carbonyl (C=O) groups is 1. The van der Waals surface area contributed by atoms with E-state index in [9.17, 15) is 13.2 Å². The Hall–Kier alpha value is -3.19. The quantitative estimate of drug-likeness (QED) is 0.673.